The van der Waals surface area contributed by atoms with Gasteiger partial charge < -0.3 is 4.90 Å². The fraction of sp³-hybridized carbons (Fsp3) is 0.167. The van der Waals surface area contributed by atoms with E-state index >= 15 is 0 Å². The SMILES string of the molecule is CN(C)c1nc(-c2ccc([C]=O)cc2)cs1. The van der Waals surface area contributed by atoms with Gasteiger partial charge >= 0.3 is 0 Å². The molecule has 16 heavy (non-hydrogen) atoms. The smallest absolute Gasteiger partial charge is 0.233 e. The molecule has 0 saturated heterocycles. The molecule has 3 nitrogen and oxygen atoms in total. The fourth-order valence-electron chi connectivity index (χ4n) is 1.31. The first kappa shape index (κ1) is 10.8. The summed E-state index contributed by atoms with van der Waals surface area (Å²) in [6.45, 7) is 0. The molecule has 0 saturated carbocycles. The number of aromatic nitrogens is 1. The first-order chi connectivity index (χ1) is 7.70. The zero-order chi connectivity index (χ0) is 11.5. The van der Waals surface area contributed by atoms with Gasteiger partial charge in [-0.3, -0.25) is 4.79 Å². The van der Waals surface area contributed by atoms with Crippen molar-refractivity contribution in [2.45, 2.75) is 0 Å². The van der Waals surface area contributed by atoms with E-state index in [-0.39, 0.29) is 0 Å². The summed E-state index contributed by atoms with van der Waals surface area (Å²) in [4.78, 5) is 16.9. The third kappa shape index (κ3) is 2.12. The van der Waals surface area contributed by atoms with Crippen molar-refractivity contribution in [3.05, 3.63) is 35.2 Å². The topological polar surface area (TPSA) is 33.2 Å². The molecule has 0 N–H and O–H groups in total. The Balaban J connectivity index is 2.31. The molecular weight excluding hydrogens is 220 g/mol. The van der Waals surface area contributed by atoms with Crippen molar-refractivity contribution in [1.29, 1.82) is 0 Å². The van der Waals surface area contributed by atoms with Crippen molar-refractivity contribution >= 4 is 22.8 Å². The highest BCUT2D eigenvalue weighted by Crippen LogP contribution is 2.26. The number of carbonyl (C=O) groups excluding carboxylic acids is 1. The lowest BCUT2D eigenvalue weighted by atomic mass is 10.1. The molecule has 4 heteroatoms. The molecule has 2 aromatic rings. The molecule has 1 aromatic heterocycles. The maximum atomic E-state index is 10.4. The van der Waals surface area contributed by atoms with Crippen molar-refractivity contribution in [3.8, 4) is 11.3 Å². The molecule has 0 aliphatic heterocycles. The summed E-state index contributed by atoms with van der Waals surface area (Å²) < 4.78 is 0. The van der Waals surface area contributed by atoms with Crippen LogP contribution in [0, 0.1) is 0 Å². The Bertz CT molecular complexity index is 488. The minimum absolute atomic E-state index is 0.562. The Morgan fingerprint density at radius 3 is 2.44 bits per heavy atom. The number of hydrogen-bond acceptors (Lipinski definition) is 4. The van der Waals surface area contributed by atoms with E-state index in [1.807, 2.05) is 42.8 Å². The van der Waals surface area contributed by atoms with E-state index in [9.17, 15) is 4.79 Å². The van der Waals surface area contributed by atoms with Crippen molar-refractivity contribution in [3.63, 3.8) is 0 Å². The van der Waals surface area contributed by atoms with E-state index < -0.39 is 0 Å². The Kier molecular flexibility index (Phi) is 3.01. The second-order valence-electron chi connectivity index (χ2n) is 3.59. The van der Waals surface area contributed by atoms with Crippen molar-refractivity contribution in [2.24, 2.45) is 0 Å². The Hall–Kier alpha value is -1.68. The van der Waals surface area contributed by atoms with Crippen molar-refractivity contribution in [2.75, 3.05) is 19.0 Å². The molecule has 0 amide bonds. The van der Waals surface area contributed by atoms with E-state index in [1.165, 1.54) is 0 Å². The average Bonchev–Trinajstić information content (AvgIpc) is 2.78. The highest BCUT2D eigenvalue weighted by molar-refractivity contribution is 7.14. The number of anilines is 1. The van der Waals surface area contributed by atoms with Gasteiger partial charge in [0.05, 0.1) is 5.69 Å². The lowest BCUT2D eigenvalue weighted by Crippen LogP contribution is -2.07. The third-order valence-corrected chi connectivity index (χ3v) is 3.18. The molecule has 0 spiro atoms. The molecule has 2 rings (SSSR count). The first-order valence-corrected chi connectivity index (χ1v) is 5.70. The number of nitrogens with zero attached hydrogens (tertiary/aromatic N) is 2. The molecule has 0 fully saturated rings. The fourth-order valence-corrected chi connectivity index (χ4v) is 2.08. The lowest BCUT2D eigenvalue weighted by molar-refractivity contribution is 0.563. The van der Waals surface area contributed by atoms with Gasteiger partial charge in [-0.1, -0.05) is 24.3 Å². The van der Waals surface area contributed by atoms with Gasteiger partial charge in [-0.25, -0.2) is 4.98 Å². The summed E-state index contributed by atoms with van der Waals surface area (Å²) in [5.41, 5.74) is 2.52. The third-order valence-electron chi connectivity index (χ3n) is 2.17. The molecule has 0 atom stereocenters. The van der Waals surface area contributed by atoms with Gasteiger partial charge in [0.25, 0.3) is 0 Å². The van der Waals surface area contributed by atoms with Crippen LogP contribution in [0.1, 0.15) is 5.56 Å². The summed E-state index contributed by atoms with van der Waals surface area (Å²) >= 11 is 1.60. The van der Waals surface area contributed by atoms with Gasteiger partial charge in [0.2, 0.25) is 6.29 Å². The average molecular weight is 231 g/mol. The van der Waals surface area contributed by atoms with Gasteiger partial charge in [0, 0.05) is 30.6 Å². The predicted molar refractivity (Wildman–Crippen MR) is 66.7 cm³/mol. The van der Waals surface area contributed by atoms with Gasteiger partial charge in [-0.2, -0.15) is 0 Å². The predicted octanol–water partition coefficient (Wildman–Crippen LogP) is 2.33. The summed E-state index contributed by atoms with van der Waals surface area (Å²) in [5.74, 6) is 0. The Morgan fingerprint density at radius 1 is 1.25 bits per heavy atom. The molecule has 1 aromatic carbocycles. The normalized spacial score (nSPS) is 10.1. The van der Waals surface area contributed by atoms with Gasteiger partial charge in [0.1, 0.15) is 0 Å². The molecule has 0 unspecified atom stereocenters. The number of benzene rings is 1. The Morgan fingerprint density at radius 2 is 1.94 bits per heavy atom. The van der Waals surface area contributed by atoms with E-state index in [2.05, 4.69) is 4.98 Å². The van der Waals surface area contributed by atoms with E-state index in [4.69, 9.17) is 0 Å². The largest absolute Gasteiger partial charge is 0.354 e. The lowest BCUT2D eigenvalue weighted by Gasteiger charge is -2.05. The van der Waals surface area contributed by atoms with Crippen molar-refractivity contribution < 1.29 is 4.79 Å². The maximum absolute atomic E-state index is 10.4. The highest BCUT2D eigenvalue weighted by Gasteiger charge is 2.05. The van der Waals surface area contributed by atoms with Crippen LogP contribution in [0.3, 0.4) is 0 Å². The number of rotatable bonds is 3. The molecule has 1 heterocycles. The minimum atomic E-state index is 0.562. The van der Waals surface area contributed by atoms with Crippen LogP contribution in [0.5, 0.6) is 0 Å². The van der Waals surface area contributed by atoms with Crippen LogP contribution < -0.4 is 4.90 Å². The highest BCUT2D eigenvalue weighted by atomic mass is 32.1. The summed E-state index contributed by atoms with van der Waals surface area (Å²) in [6.07, 6.45) is 1.85. The van der Waals surface area contributed by atoms with Crippen LogP contribution in [-0.2, 0) is 4.79 Å². The van der Waals surface area contributed by atoms with Crippen LogP contribution in [-0.4, -0.2) is 25.4 Å². The van der Waals surface area contributed by atoms with E-state index in [0.29, 0.717) is 5.56 Å². The summed E-state index contributed by atoms with van der Waals surface area (Å²) in [6, 6.07) is 7.26. The molecule has 1 radical (unpaired) electrons. The number of thiazole rings is 1. The van der Waals surface area contributed by atoms with Crippen molar-refractivity contribution in [1.82, 2.24) is 4.98 Å². The van der Waals surface area contributed by atoms with Crippen LogP contribution in [0.15, 0.2) is 29.6 Å². The first-order valence-electron chi connectivity index (χ1n) is 4.82. The van der Waals surface area contributed by atoms with Crippen LogP contribution in [0.25, 0.3) is 11.3 Å². The molecule has 0 bridgehead atoms. The standard InChI is InChI=1S/C12H11N2OS/c1-14(2)12-13-11(8-16-12)10-5-3-9(7-15)4-6-10/h3-6,8H,1-2H3. The maximum Gasteiger partial charge on any atom is 0.233 e. The monoisotopic (exact) mass is 231 g/mol. The van der Waals surface area contributed by atoms with Crippen LogP contribution >= 0.6 is 11.3 Å². The molecule has 81 valence electrons. The minimum Gasteiger partial charge on any atom is -0.354 e. The molecule has 0 aliphatic rings. The van der Waals surface area contributed by atoms with Gasteiger partial charge in [0.15, 0.2) is 5.13 Å². The zero-order valence-corrected chi connectivity index (χ0v) is 9.91. The van der Waals surface area contributed by atoms with E-state index in [1.54, 1.807) is 23.5 Å². The zero-order valence-electron chi connectivity index (χ0n) is 9.10. The molecule has 0 aliphatic carbocycles. The van der Waals surface area contributed by atoms with Gasteiger partial charge in [-0.15, -0.1) is 11.3 Å². The number of hydrogen-bond donors (Lipinski definition) is 0. The summed E-state index contributed by atoms with van der Waals surface area (Å²) in [7, 11) is 3.93. The van der Waals surface area contributed by atoms with Crippen LogP contribution in [0.4, 0.5) is 5.13 Å². The van der Waals surface area contributed by atoms with E-state index in [0.717, 1.165) is 16.4 Å². The second kappa shape index (κ2) is 4.45. The van der Waals surface area contributed by atoms with Crippen LogP contribution in [0.2, 0.25) is 0 Å². The Labute approximate surface area is 98.4 Å². The molecular formula is C12H11N2OS. The quantitative estimate of drug-likeness (QED) is 0.813. The second-order valence-corrected chi connectivity index (χ2v) is 4.43. The summed E-state index contributed by atoms with van der Waals surface area (Å²) in [5, 5.41) is 2.98. The van der Waals surface area contributed by atoms with Gasteiger partial charge in [-0.05, 0) is 0 Å².